The van der Waals surface area contributed by atoms with Crippen LogP contribution in [0.4, 0.5) is 0 Å². The highest BCUT2D eigenvalue weighted by Crippen LogP contribution is 2.36. The number of ether oxygens (including phenoxy) is 2. The molecule has 1 atom stereocenters. The summed E-state index contributed by atoms with van der Waals surface area (Å²) in [6.07, 6.45) is 1.79. The van der Waals surface area contributed by atoms with Crippen molar-refractivity contribution in [3.8, 4) is 17.1 Å². The second-order valence-corrected chi connectivity index (χ2v) is 12.2. The Hall–Kier alpha value is -2.73. The van der Waals surface area contributed by atoms with Gasteiger partial charge in [0, 0.05) is 10.0 Å². The van der Waals surface area contributed by atoms with Gasteiger partial charge in [0.2, 0.25) is 0 Å². The van der Waals surface area contributed by atoms with Crippen LogP contribution in [0.15, 0.2) is 87.4 Å². The third-order valence-electron chi connectivity index (χ3n) is 6.06. The van der Waals surface area contributed by atoms with E-state index in [9.17, 15) is 9.59 Å². The van der Waals surface area contributed by atoms with E-state index in [1.54, 1.807) is 33.1 Å². The summed E-state index contributed by atoms with van der Waals surface area (Å²) in [6.45, 7) is 3.67. The number of carbonyl (C=O) groups is 1. The summed E-state index contributed by atoms with van der Waals surface area (Å²) >= 11 is 11.7. The normalized spacial score (nSPS) is 15.2. The molecular weight excluding hydrogens is 716 g/mol. The van der Waals surface area contributed by atoms with E-state index in [4.69, 9.17) is 13.9 Å². The molecule has 200 valence electrons. The van der Waals surface area contributed by atoms with Crippen molar-refractivity contribution in [1.29, 1.82) is 0 Å². The first-order chi connectivity index (χ1) is 18.7. The average Bonchev–Trinajstić information content (AvgIpc) is 3.49. The van der Waals surface area contributed by atoms with Crippen molar-refractivity contribution in [3.05, 3.63) is 104 Å². The van der Waals surface area contributed by atoms with E-state index in [0.717, 1.165) is 24.5 Å². The van der Waals surface area contributed by atoms with E-state index < -0.39 is 12.0 Å². The summed E-state index contributed by atoms with van der Waals surface area (Å²) in [5, 5.41) is 0. The van der Waals surface area contributed by atoms with Crippen molar-refractivity contribution >= 4 is 71.2 Å². The minimum Gasteiger partial charge on any atom is -0.494 e. The van der Waals surface area contributed by atoms with Crippen LogP contribution in [-0.4, -0.2) is 24.3 Å². The van der Waals surface area contributed by atoms with Crippen LogP contribution in [0.1, 0.15) is 31.2 Å². The maximum atomic E-state index is 13.9. The lowest BCUT2D eigenvalue weighted by Gasteiger charge is -2.22. The molecule has 1 aliphatic rings. The molecule has 0 radical (unpaired) electrons. The molecule has 4 aromatic rings. The van der Waals surface area contributed by atoms with Gasteiger partial charge in [-0.25, -0.2) is 9.79 Å². The van der Waals surface area contributed by atoms with E-state index in [1.807, 2.05) is 42.5 Å². The largest absolute Gasteiger partial charge is 0.494 e. The van der Waals surface area contributed by atoms with Crippen LogP contribution < -0.4 is 19.6 Å². The second kappa shape index (κ2) is 11.4. The third kappa shape index (κ3) is 5.37. The first kappa shape index (κ1) is 27.8. The van der Waals surface area contributed by atoms with Crippen LogP contribution in [0.5, 0.6) is 5.75 Å². The maximum Gasteiger partial charge on any atom is 0.338 e. The molecule has 7 nitrogen and oxygen atoms in total. The molecule has 0 saturated heterocycles. The Morgan fingerprint density at radius 1 is 1.13 bits per heavy atom. The van der Waals surface area contributed by atoms with Crippen LogP contribution in [0.25, 0.3) is 17.4 Å². The number of hydrogen-bond donors (Lipinski definition) is 0. The Bertz CT molecular complexity index is 1780. The number of esters is 1. The predicted octanol–water partition coefficient (Wildman–Crippen LogP) is 6.35. The van der Waals surface area contributed by atoms with Crippen LogP contribution in [0.2, 0.25) is 0 Å². The lowest BCUT2D eigenvalue weighted by Crippen LogP contribution is -2.39. The molecule has 5 rings (SSSR count). The van der Waals surface area contributed by atoms with Gasteiger partial charge in [-0.15, -0.1) is 0 Å². The smallest absolute Gasteiger partial charge is 0.338 e. The zero-order chi connectivity index (χ0) is 27.8. The van der Waals surface area contributed by atoms with E-state index in [-0.39, 0.29) is 17.7 Å². The summed E-state index contributed by atoms with van der Waals surface area (Å²) in [7, 11) is 1.59. The maximum absolute atomic E-state index is 13.9. The van der Waals surface area contributed by atoms with Gasteiger partial charge in [-0.3, -0.25) is 9.36 Å². The number of nitrogens with zero attached hydrogens (tertiary/aromatic N) is 2. The second-order valence-electron chi connectivity index (χ2n) is 8.53. The van der Waals surface area contributed by atoms with Gasteiger partial charge in [0.25, 0.3) is 5.56 Å². The molecule has 0 unspecified atom stereocenters. The van der Waals surface area contributed by atoms with E-state index in [1.165, 1.54) is 15.9 Å². The molecule has 39 heavy (non-hydrogen) atoms. The lowest BCUT2D eigenvalue weighted by atomic mass is 10.0. The molecule has 0 saturated carbocycles. The van der Waals surface area contributed by atoms with Crippen molar-refractivity contribution in [2.24, 2.45) is 4.99 Å². The van der Waals surface area contributed by atoms with Crippen molar-refractivity contribution in [2.75, 3.05) is 13.7 Å². The molecular formula is C28H21Br3N2O5S. The quantitative estimate of drug-likeness (QED) is 0.216. The SMILES string of the molecule is CCOC(=O)C1=C(C)N=c2s/c(=C\c3cc(Br)c(OC)c(Br)c3)c(=O)n2[C@@H]1c1ccc(-c2ccc(Br)cc2)o1. The molecule has 0 aliphatic carbocycles. The van der Waals surface area contributed by atoms with Gasteiger partial charge in [-0.2, -0.15) is 0 Å². The number of benzene rings is 2. The summed E-state index contributed by atoms with van der Waals surface area (Å²) in [5.41, 5.74) is 2.10. The number of methoxy groups -OCH3 is 1. The minimum atomic E-state index is -0.832. The Morgan fingerprint density at radius 3 is 2.46 bits per heavy atom. The van der Waals surface area contributed by atoms with Crippen LogP contribution in [-0.2, 0) is 9.53 Å². The van der Waals surface area contributed by atoms with Gasteiger partial charge in [0.15, 0.2) is 4.80 Å². The topological polar surface area (TPSA) is 83.0 Å². The van der Waals surface area contributed by atoms with E-state index in [2.05, 4.69) is 52.8 Å². The molecule has 0 amide bonds. The number of furan rings is 1. The standard InChI is InChI=1S/C28H21Br3N2O5S/c1-4-37-27(35)23-14(2)32-28-33(24(23)21-10-9-20(38-21)16-5-7-17(29)8-6-16)26(34)22(39-28)13-15-11-18(30)25(36-3)19(31)12-15/h5-13,24H,4H2,1-3H3/b22-13-/t24-/m1/s1. The van der Waals surface area contributed by atoms with Crippen LogP contribution in [0, 0.1) is 0 Å². The zero-order valence-electron chi connectivity index (χ0n) is 21.0. The summed E-state index contributed by atoms with van der Waals surface area (Å²) < 4.78 is 21.4. The van der Waals surface area contributed by atoms with Crippen LogP contribution >= 0.6 is 59.1 Å². The highest BCUT2D eigenvalue weighted by atomic mass is 79.9. The van der Waals surface area contributed by atoms with E-state index >= 15 is 0 Å². The molecule has 0 N–H and O–H groups in total. The lowest BCUT2D eigenvalue weighted by molar-refractivity contribution is -0.139. The molecule has 2 aromatic carbocycles. The predicted molar refractivity (Wildman–Crippen MR) is 161 cm³/mol. The first-order valence-electron chi connectivity index (χ1n) is 11.8. The minimum absolute atomic E-state index is 0.191. The number of allylic oxidation sites excluding steroid dienone is 1. The number of fused-ring (bicyclic) bond motifs is 1. The van der Waals surface area contributed by atoms with Crippen molar-refractivity contribution in [2.45, 2.75) is 19.9 Å². The van der Waals surface area contributed by atoms with Gasteiger partial charge in [-0.1, -0.05) is 39.4 Å². The fourth-order valence-corrected chi connectivity index (χ4v) is 7.20. The first-order valence-corrected chi connectivity index (χ1v) is 15.0. The Morgan fingerprint density at radius 2 is 1.82 bits per heavy atom. The van der Waals surface area contributed by atoms with Gasteiger partial charge in [-0.05, 0) is 93.7 Å². The molecule has 0 bridgehead atoms. The number of aromatic nitrogens is 1. The number of halogens is 3. The van der Waals surface area contributed by atoms with E-state index in [0.29, 0.717) is 32.3 Å². The highest BCUT2D eigenvalue weighted by molar-refractivity contribution is 9.11. The van der Waals surface area contributed by atoms with Gasteiger partial charge in [0.1, 0.15) is 23.3 Å². The Kier molecular flexibility index (Phi) is 8.14. The van der Waals surface area contributed by atoms with Crippen molar-refractivity contribution in [1.82, 2.24) is 4.57 Å². The van der Waals surface area contributed by atoms with Crippen molar-refractivity contribution < 1.29 is 18.7 Å². The molecule has 11 heteroatoms. The number of carbonyl (C=O) groups excluding carboxylic acids is 1. The van der Waals surface area contributed by atoms with Crippen molar-refractivity contribution in [3.63, 3.8) is 0 Å². The van der Waals surface area contributed by atoms with Gasteiger partial charge in [0.05, 0.1) is 38.5 Å². The highest BCUT2D eigenvalue weighted by Gasteiger charge is 2.35. The fourth-order valence-electron chi connectivity index (χ4n) is 4.34. The molecule has 0 spiro atoms. The Balaban J connectivity index is 1.68. The summed E-state index contributed by atoms with van der Waals surface area (Å²) in [5.74, 6) is 1.17. The third-order valence-corrected chi connectivity index (χ3v) is 8.75. The zero-order valence-corrected chi connectivity index (χ0v) is 26.5. The molecule has 3 heterocycles. The van der Waals surface area contributed by atoms with Gasteiger partial charge >= 0.3 is 5.97 Å². The molecule has 0 fully saturated rings. The monoisotopic (exact) mass is 734 g/mol. The Labute approximate surface area is 252 Å². The van der Waals surface area contributed by atoms with Gasteiger partial charge < -0.3 is 13.9 Å². The number of thiazole rings is 1. The fraction of sp³-hybridized carbons (Fsp3) is 0.179. The molecule has 1 aliphatic heterocycles. The summed E-state index contributed by atoms with van der Waals surface area (Å²) in [6, 6.07) is 14.2. The summed E-state index contributed by atoms with van der Waals surface area (Å²) in [4.78, 5) is 32.1. The van der Waals surface area contributed by atoms with Crippen LogP contribution in [0.3, 0.4) is 0 Å². The number of rotatable bonds is 6. The molecule has 2 aromatic heterocycles. The average molecular weight is 737 g/mol. The number of hydrogen-bond acceptors (Lipinski definition) is 7.